The first kappa shape index (κ1) is 19.0. The summed E-state index contributed by atoms with van der Waals surface area (Å²) in [5, 5.41) is 27.5. The number of phenolic OH excluding ortho intramolecular Hbond substituents is 1. The highest BCUT2D eigenvalue weighted by Crippen LogP contribution is 2.62. The average molecular weight is 407 g/mol. The Morgan fingerprint density at radius 1 is 1.17 bits per heavy atom. The van der Waals surface area contributed by atoms with E-state index in [2.05, 4.69) is 30.2 Å². The molecule has 2 aromatic carbocycles. The molecule has 0 amide bonds. The summed E-state index contributed by atoms with van der Waals surface area (Å²) in [5.74, 6) is 0.330. The fourth-order valence-corrected chi connectivity index (χ4v) is 5.87. The lowest BCUT2D eigenvalue weighted by Crippen LogP contribution is -2.62. The second-order valence-corrected chi connectivity index (χ2v) is 8.61. The second kappa shape index (κ2) is 6.77. The van der Waals surface area contributed by atoms with Crippen LogP contribution in [-0.2, 0) is 11.8 Å². The van der Waals surface area contributed by atoms with Gasteiger partial charge in [0, 0.05) is 29.4 Å². The van der Waals surface area contributed by atoms with Crippen LogP contribution in [-0.4, -0.2) is 51.9 Å². The number of carbonyl (C=O) groups is 1. The number of ether oxygens (including phenoxy) is 1. The topological polar surface area (TPSA) is 90.2 Å². The summed E-state index contributed by atoms with van der Waals surface area (Å²) in [6.45, 7) is 1.13. The molecule has 0 radical (unpaired) electrons. The van der Waals surface area contributed by atoms with Crippen molar-refractivity contribution in [3.8, 4) is 17.2 Å². The number of para-hydroxylation sites is 1. The lowest BCUT2D eigenvalue weighted by molar-refractivity contribution is 0.00197. The summed E-state index contributed by atoms with van der Waals surface area (Å²) in [7, 11) is 2.25. The molecular formula is C24H25NO5. The van der Waals surface area contributed by atoms with Gasteiger partial charge in [-0.05, 0) is 50.2 Å². The molecule has 0 aromatic heterocycles. The van der Waals surface area contributed by atoms with Crippen molar-refractivity contribution in [2.24, 2.45) is 5.92 Å². The molecule has 4 unspecified atom stereocenters. The first-order valence-corrected chi connectivity index (χ1v) is 10.3. The van der Waals surface area contributed by atoms with Crippen LogP contribution in [0.5, 0.6) is 17.2 Å². The second-order valence-electron chi connectivity index (χ2n) is 8.61. The van der Waals surface area contributed by atoms with E-state index in [0.717, 1.165) is 31.6 Å². The highest BCUT2D eigenvalue weighted by atomic mass is 16.5. The van der Waals surface area contributed by atoms with Gasteiger partial charge in [0.05, 0.1) is 0 Å². The normalized spacial score (nSPS) is 30.0. The molecule has 6 nitrogen and oxygen atoms in total. The number of hydrogen-bond acceptors (Lipinski definition) is 5. The minimum absolute atomic E-state index is 0.0671. The Morgan fingerprint density at radius 2 is 1.97 bits per heavy atom. The number of aromatic carboxylic acids is 1. The molecular weight excluding hydrogens is 382 g/mol. The van der Waals surface area contributed by atoms with E-state index < -0.39 is 5.97 Å². The van der Waals surface area contributed by atoms with E-state index in [1.54, 1.807) is 12.1 Å². The van der Waals surface area contributed by atoms with Crippen LogP contribution in [0, 0.1) is 5.92 Å². The van der Waals surface area contributed by atoms with Crippen LogP contribution in [0.3, 0.4) is 0 Å². The van der Waals surface area contributed by atoms with Crippen molar-refractivity contribution in [3.63, 3.8) is 0 Å². The Bertz CT molecular complexity index is 1050. The molecule has 6 heteroatoms. The minimum atomic E-state index is -1.11. The number of piperidine rings is 1. The summed E-state index contributed by atoms with van der Waals surface area (Å²) in [4.78, 5) is 12.8. The van der Waals surface area contributed by atoms with Crippen LogP contribution in [0.25, 0.3) is 0 Å². The Labute approximate surface area is 175 Å². The molecule has 4 aliphatic rings. The van der Waals surface area contributed by atoms with Gasteiger partial charge in [0.1, 0.15) is 17.4 Å². The van der Waals surface area contributed by atoms with E-state index in [1.165, 1.54) is 23.3 Å². The van der Waals surface area contributed by atoms with E-state index in [4.69, 9.17) is 14.9 Å². The summed E-state index contributed by atoms with van der Waals surface area (Å²) < 4.78 is 6.22. The van der Waals surface area contributed by atoms with Crippen molar-refractivity contribution in [2.75, 3.05) is 13.6 Å². The Kier molecular flexibility index (Phi) is 4.29. The standard InChI is InChI=1S/C17H19NO2.C7H6O3/c1-18-8-7-17-11-3-2-4-14(17)20-16-13(19)6-5-10(15(16)17)9-12(11)18;8-6-4-2-1-3-5(6)7(9)10/h2-3,5-6,11-12,14,19H,4,7-9H2,1H3;1-4,8H,(H,9,10). The number of nitrogens with zero attached hydrogens (tertiary/aromatic N) is 1. The zero-order valence-electron chi connectivity index (χ0n) is 16.8. The lowest BCUT2D eigenvalue weighted by atomic mass is 9.54. The van der Waals surface area contributed by atoms with E-state index in [1.807, 2.05) is 6.07 Å². The summed E-state index contributed by atoms with van der Waals surface area (Å²) in [6.07, 6.45) is 8.11. The fourth-order valence-electron chi connectivity index (χ4n) is 5.87. The van der Waals surface area contributed by atoms with Gasteiger partial charge in [-0.25, -0.2) is 4.79 Å². The van der Waals surface area contributed by atoms with Crippen molar-refractivity contribution in [3.05, 3.63) is 65.2 Å². The number of carboxylic acid groups (broad SMARTS) is 1. The summed E-state index contributed by atoms with van der Waals surface area (Å²) >= 11 is 0. The lowest BCUT2D eigenvalue weighted by Gasteiger charge is -2.55. The van der Waals surface area contributed by atoms with Crippen LogP contribution < -0.4 is 4.74 Å². The largest absolute Gasteiger partial charge is 0.507 e. The molecule has 6 rings (SSSR count). The van der Waals surface area contributed by atoms with Gasteiger partial charge in [0.2, 0.25) is 0 Å². The molecule has 0 saturated carbocycles. The summed E-state index contributed by atoms with van der Waals surface area (Å²) in [6, 6.07) is 10.3. The van der Waals surface area contributed by atoms with Gasteiger partial charge in [-0.1, -0.05) is 30.4 Å². The van der Waals surface area contributed by atoms with E-state index >= 15 is 0 Å². The number of likely N-dealkylation sites (N-methyl/N-ethyl adjacent to an activating group) is 1. The van der Waals surface area contributed by atoms with Crippen molar-refractivity contribution < 1.29 is 24.9 Å². The maximum atomic E-state index is 10.3. The van der Waals surface area contributed by atoms with Gasteiger partial charge in [-0.3, -0.25) is 0 Å². The molecule has 1 fully saturated rings. The highest BCUT2D eigenvalue weighted by molar-refractivity contribution is 5.90. The number of rotatable bonds is 1. The van der Waals surface area contributed by atoms with Gasteiger partial charge >= 0.3 is 5.97 Å². The van der Waals surface area contributed by atoms with Gasteiger partial charge in [0.15, 0.2) is 11.5 Å². The molecule has 2 aliphatic heterocycles. The zero-order chi connectivity index (χ0) is 21.0. The number of benzene rings is 2. The van der Waals surface area contributed by atoms with Gasteiger partial charge < -0.3 is 25.0 Å². The molecule has 3 N–H and O–H groups in total. The quantitative estimate of drug-likeness (QED) is 0.629. The van der Waals surface area contributed by atoms with Crippen LogP contribution >= 0.6 is 0 Å². The Hall–Kier alpha value is -2.99. The maximum absolute atomic E-state index is 10.3. The summed E-state index contributed by atoms with van der Waals surface area (Å²) in [5.41, 5.74) is 2.78. The zero-order valence-corrected chi connectivity index (χ0v) is 16.8. The molecule has 1 saturated heterocycles. The Balaban J connectivity index is 0.000000164. The van der Waals surface area contributed by atoms with Crippen molar-refractivity contribution >= 4 is 5.97 Å². The first-order valence-electron chi connectivity index (χ1n) is 10.3. The molecule has 30 heavy (non-hydrogen) atoms. The Morgan fingerprint density at radius 3 is 2.70 bits per heavy atom. The SMILES string of the molecule is CN1CCC23c4c5ccc(O)c4OC2CC=CC3C1C5.O=C(O)c1ccccc1O. The number of aromatic hydroxyl groups is 2. The third-order valence-corrected chi connectivity index (χ3v) is 7.23. The third-order valence-electron chi connectivity index (χ3n) is 7.23. The molecule has 156 valence electrons. The minimum Gasteiger partial charge on any atom is -0.507 e. The van der Waals surface area contributed by atoms with Crippen LogP contribution in [0.1, 0.15) is 34.3 Å². The van der Waals surface area contributed by atoms with Crippen molar-refractivity contribution in [2.45, 2.75) is 36.8 Å². The van der Waals surface area contributed by atoms with Crippen LogP contribution in [0.15, 0.2) is 48.6 Å². The van der Waals surface area contributed by atoms with Crippen LogP contribution in [0.4, 0.5) is 0 Å². The average Bonchev–Trinajstić information content (AvgIpc) is 3.08. The van der Waals surface area contributed by atoms with Gasteiger partial charge in [0.25, 0.3) is 0 Å². The molecule has 2 heterocycles. The number of hydrogen-bond donors (Lipinski definition) is 3. The molecule has 1 spiro atoms. The van der Waals surface area contributed by atoms with Crippen LogP contribution in [0.2, 0.25) is 0 Å². The predicted octanol–water partition coefficient (Wildman–Crippen LogP) is 3.32. The van der Waals surface area contributed by atoms with Gasteiger partial charge in [-0.2, -0.15) is 0 Å². The smallest absolute Gasteiger partial charge is 0.339 e. The fraction of sp³-hybridized carbons (Fsp3) is 0.375. The van der Waals surface area contributed by atoms with E-state index in [0.29, 0.717) is 17.7 Å². The molecule has 2 bridgehead atoms. The molecule has 4 atom stereocenters. The van der Waals surface area contributed by atoms with Gasteiger partial charge in [-0.15, -0.1) is 0 Å². The molecule has 2 aliphatic carbocycles. The van der Waals surface area contributed by atoms with Crippen molar-refractivity contribution in [1.82, 2.24) is 4.90 Å². The van der Waals surface area contributed by atoms with E-state index in [-0.39, 0.29) is 22.8 Å². The number of phenols is 2. The monoisotopic (exact) mass is 407 g/mol. The number of likely N-dealkylation sites (tertiary alicyclic amines) is 1. The maximum Gasteiger partial charge on any atom is 0.339 e. The predicted molar refractivity (Wildman–Crippen MR) is 111 cm³/mol. The third kappa shape index (κ3) is 2.56. The van der Waals surface area contributed by atoms with Crippen molar-refractivity contribution in [1.29, 1.82) is 0 Å². The molecule has 2 aromatic rings. The first-order chi connectivity index (χ1) is 14.4. The van der Waals surface area contributed by atoms with E-state index in [9.17, 15) is 9.90 Å². The highest BCUT2D eigenvalue weighted by Gasteiger charge is 2.62. The number of carboxylic acids is 1.